The van der Waals surface area contributed by atoms with Gasteiger partial charge in [-0.15, -0.1) is 11.3 Å². The van der Waals surface area contributed by atoms with Gasteiger partial charge in [0.2, 0.25) is 0 Å². The van der Waals surface area contributed by atoms with Gasteiger partial charge >= 0.3 is 0 Å². The van der Waals surface area contributed by atoms with Crippen molar-refractivity contribution in [2.75, 3.05) is 47.1 Å². The Morgan fingerprint density at radius 3 is 2.71 bits per heavy atom. The van der Waals surface area contributed by atoms with Gasteiger partial charge in [0.25, 0.3) is 0 Å². The quantitative estimate of drug-likeness (QED) is 0.391. The predicted molar refractivity (Wildman–Crippen MR) is 89.7 cm³/mol. The van der Waals surface area contributed by atoms with E-state index >= 15 is 0 Å². The van der Waals surface area contributed by atoms with Gasteiger partial charge in [0.1, 0.15) is 0 Å². The van der Waals surface area contributed by atoms with Crippen LogP contribution in [0.25, 0.3) is 0 Å². The second-order valence-corrected chi connectivity index (χ2v) is 6.14. The van der Waals surface area contributed by atoms with Gasteiger partial charge < -0.3 is 20.1 Å². The zero-order valence-electron chi connectivity index (χ0n) is 12.7. The van der Waals surface area contributed by atoms with E-state index in [0.717, 1.165) is 42.8 Å². The van der Waals surface area contributed by atoms with Crippen LogP contribution < -0.4 is 10.6 Å². The molecule has 0 aliphatic carbocycles. The number of rotatable bonds is 10. The summed E-state index contributed by atoms with van der Waals surface area (Å²) in [7, 11) is 3.44. The summed E-state index contributed by atoms with van der Waals surface area (Å²) in [6.07, 6.45) is 1.88. The number of nitrogens with one attached hydrogen (secondary N) is 2. The monoisotopic (exact) mass is 333 g/mol. The number of ether oxygens (including phenoxy) is 2. The third-order valence-electron chi connectivity index (χ3n) is 2.71. The lowest BCUT2D eigenvalue weighted by Gasteiger charge is -2.11. The lowest BCUT2D eigenvalue weighted by Crippen LogP contribution is -2.38. The van der Waals surface area contributed by atoms with Crippen LogP contribution in [0.2, 0.25) is 4.34 Å². The number of hydrogen-bond acceptors (Lipinski definition) is 4. The molecule has 0 saturated heterocycles. The number of halogens is 1. The second-order valence-electron chi connectivity index (χ2n) is 4.34. The molecule has 0 bridgehead atoms. The normalized spacial score (nSPS) is 11.7. The van der Waals surface area contributed by atoms with Crippen molar-refractivity contribution in [3.8, 4) is 0 Å². The summed E-state index contributed by atoms with van der Waals surface area (Å²) in [6.45, 7) is 3.68. The molecule has 1 heterocycles. The minimum Gasteiger partial charge on any atom is -0.382 e. The molecule has 0 radical (unpaired) electrons. The summed E-state index contributed by atoms with van der Waals surface area (Å²) in [5.74, 6) is 0.814. The maximum Gasteiger partial charge on any atom is 0.190 e. The van der Waals surface area contributed by atoms with Gasteiger partial charge in [0.05, 0.1) is 17.6 Å². The van der Waals surface area contributed by atoms with Crippen LogP contribution in [0.15, 0.2) is 17.1 Å². The third-order valence-corrected chi connectivity index (χ3v) is 4.00. The number of nitrogens with zero attached hydrogens (tertiary/aromatic N) is 1. The first kappa shape index (κ1) is 18.2. The SMILES string of the molecule is CN=C(NCCCOCCOC)NCCc1ccc(Cl)s1. The molecule has 120 valence electrons. The molecule has 0 fully saturated rings. The number of aliphatic imine (C=N–C) groups is 1. The molecule has 0 unspecified atom stereocenters. The Kier molecular flexibility index (Phi) is 10.2. The molecule has 21 heavy (non-hydrogen) atoms. The number of methoxy groups -OCH3 is 1. The van der Waals surface area contributed by atoms with Crippen molar-refractivity contribution in [2.45, 2.75) is 12.8 Å². The molecule has 0 aromatic carbocycles. The minimum atomic E-state index is 0.642. The highest BCUT2D eigenvalue weighted by Crippen LogP contribution is 2.21. The fraction of sp³-hybridized carbons (Fsp3) is 0.643. The maximum atomic E-state index is 5.90. The van der Waals surface area contributed by atoms with Crippen molar-refractivity contribution < 1.29 is 9.47 Å². The van der Waals surface area contributed by atoms with Crippen molar-refractivity contribution in [3.05, 3.63) is 21.3 Å². The van der Waals surface area contributed by atoms with Gasteiger partial charge in [-0.3, -0.25) is 4.99 Å². The van der Waals surface area contributed by atoms with Crippen molar-refractivity contribution in [3.63, 3.8) is 0 Å². The van der Waals surface area contributed by atoms with Crippen LogP contribution in [0, 0.1) is 0 Å². The van der Waals surface area contributed by atoms with E-state index in [4.69, 9.17) is 21.1 Å². The van der Waals surface area contributed by atoms with Crippen LogP contribution in [0.4, 0.5) is 0 Å². The summed E-state index contributed by atoms with van der Waals surface area (Å²) >= 11 is 7.52. The Bertz CT molecular complexity index is 413. The molecule has 0 amide bonds. The molecular formula is C14H24ClN3O2S. The topological polar surface area (TPSA) is 54.9 Å². The fourth-order valence-electron chi connectivity index (χ4n) is 1.64. The lowest BCUT2D eigenvalue weighted by atomic mass is 10.3. The van der Waals surface area contributed by atoms with Gasteiger partial charge in [-0.1, -0.05) is 11.6 Å². The van der Waals surface area contributed by atoms with Gasteiger partial charge in [-0.05, 0) is 25.0 Å². The van der Waals surface area contributed by atoms with Crippen molar-refractivity contribution in [1.29, 1.82) is 0 Å². The molecule has 1 aromatic rings. The highest BCUT2D eigenvalue weighted by molar-refractivity contribution is 7.16. The van der Waals surface area contributed by atoms with E-state index in [1.54, 1.807) is 25.5 Å². The van der Waals surface area contributed by atoms with Gasteiger partial charge in [-0.25, -0.2) is 0 Å². The Morgan fingerprint density at radius 2 is 2.05 bits per heavy atom. The summed E-state index contributed by atoms with van der Waals surface area (Å²) in [6, 6.07) is 3.99. The van der Waals surface area contributed by atoms with Gasteiger partial charge in [-0.2, -0.15) is 0 Å². The first-order valence-electron chi connectivity index (χ1n) is 7.01. The van der Waals surface area contributed by atoms with Gasteiger partial charge in [0.15, 0.2) is 5.96 Å². The lowest BCUT2D eigenvalue weighted by molar-refractivity contribution is 0.0698. The first-order chi connectivity index (χ1) is 10.3. The average Bonchev–Trinajstić information content (AvgIpc) is 2.90. The van der Waals surface area contributed by atoms with Crippen LogP contribution in [-0.4, -0.2) is 53.0 Å². The minimum absolute atomic E-state index is 0.642. The van der Waals surface area contributed by atoms with E-state index < -0.39 is 0 Å². The van der Waals surface area contributed by atoms with Crippen LogP contribution in [0.3, 0.4) is 0 Å². The molecule has 1 aromatic heterocycles. The van der Waals surface area contributed by atoms with E-state index in [0.29, 0.717) is 13.2 Å². The Morgan fingerprint density at radius 1 is 1.24 bits per heavy atom. The first-order valence-corrected chi connectivity index (χ1v) is 8.21. The molecule has 0 aliphatic rings. The second kappa shape index (κ2) is 11.8. The predicted octanol–water partition coefficient (Wildman–Crippen LogP) is 2.16. The molecule has 1 rings (SSSR count). The molecule has 0 atom stereocenters. The number of hydrogen-bond donors (Lipinski definition) is 2. The van der Waals surface area contributed by atoms with E-state index in [1.165, 1.54) is 4.88 Å². The van der Waals surface area contributed by atoms with E-state index in [2.05, 4.69) is 21.7 Å². The van der Waals surface area contributed by atoms with Crippen molar-refractivity contribution in [2.24, 2.45) is 4.99 Å². The molecule has 0 saturated carbocycles. The standard InChI is InChI=1S/C14H24ClN3O2S/c1-16-14(17-7-3-9-20-11-10-19-2)18-8-6-12-4-5-13(15)21-12/h4-5H,3,6-11H2,1-2H3,(H2,16,17,18). The molecule has 0 spiro atoms. The van der Waals surface area contributed by atoms with E-state index in [-0.39, 0.29) is 0 Å². The molecule has 2 N–H and O–H groups in total. The van der Waals surface area contributed by atoms with Crippen LogP contribution in [0.5, 0.6) is 0 Å². The Balaban J connectivity index is 2.04. The highest BCUT2D eigenvalue weighted by atomic mass is 35.5. The number of guanidine groups is 1. The smallest absolute Gasteiger partial charge is 0.190 e. The molecular weight excluding hydrogens is 310 g/mol. The maximum absolute atomic E-state index is 5.90. The summed E-state index contributed by atoms with van der Waals surface area (Å²) in [5, 5.41) is 6.54. The summed E-state index contributed by atoms with van der Waals surface area (Å²) in [5.41, 5.74) is 0. The molecule has 7 heteroatoms. The zero-order valence-corrected chi connectivity index (χ0v) is 14.2. The Hall–Kier alpha value is -0.820. The van der Waals surface area contributed by atoms with E-state index in [9.17, 15) is 0 Å². The van der Waals surface area contributed by atoms with Gasteiger partial charge in [0, 0.05) is 38.7 Å². The highest BCUT2D eigenvalue weighted by Gasteiger charge is 2.00. The van der Waals surface area contributed by atoms with Crippen LogP contribution in [0.1, 0.15) is 11.3 Å². The molecule has 5 nitrogen and oxygen atoms in total. The van der Waals surface area contributed by atoms with Crippen LogP contribution in [-0.2, 0) is 15.9 Å². The average molecular weight is 334 g/mol. The third kappa shape index (κ3) is 8.93. The van der Waals surface area contributed by atoms with Crippen molar-refractivity contribution in [1.82, 2.24) is 10.6 Å². The summed E-state index contributed by atoms with van der Waals surface area (Å²) in [4.78, 5) is 5.46. The van der Waals surface area contributed by atoms with Crippen LogP contribution >= 0.6 is 22.9 Å². The molecule has 0 aliphatic heterocycles. The van der Waals surface area contributed by atoms with E-state index in [1.807, 2.05) is 6.07 Å². The Labute approximate surface area is 135 Å². The zero-order chi connectivity index (χ0) is 15.3. The van der Waals surface area contributed by atoms with Crippen molar-refractivity contribution >= 4 is 28.9 Å². The number of thiophene rings is 1. The largest absolute Gasteiger partial charge is 0.382 e. The fourth-order valence-corrected chi connectivity index (χ4v) is 2.72. The summed E-state index contributed by atoms with van der Waals surface area (Å²) < 4.78 is 11.1.